The fraction of sp³-hybridized carbons (Fsp3) is 0.348. The number of nitrogens with one attached hydrogen (secondary N) is 1. The van der Waals surface area contributed by atoms with Gasteiger partial charge in [0, 0.05) is 36.9 Å². The van der Waals surface area contributed by atoms with Crippen LogP contribution in [0.2, 0.25) is 0 Å². The van der Waals surface area contributed by atoms with Gasteiger partial charge in [-0.25, -0.2) is 15.0 Å². The van der Waals surface area contributed by atoms with E-state index >= 15 is 0 Å². The summed E-state index contributed by atoms with van der Waals surface area (Å²) in [6.07, 6.45) is 3.68. The zero-order valence-electron chi connectivity index (χ0n) is 17.8. The minimum absolute atomic E-state index is 0.0412. The van der Waals surface area contributed by atoms with Gasteiger partial charge in [0.25, 0.3) is 5.91 Å². The number of anilines is 1. The molecule has 10 heteroatoms. The van der Waals surface area contributed by atoms with Gasteiger partial charge in [-0.3, -0.25) is 9.78 Å². The van der Waals surface area contributed by atoms with Gasteiger partial charge in [0.1, 0.15) is 11.5 Å². The van der Waals surface area contributed by atoms with Crippen molar-refractivity contribution in [1.29, 1.82) is 0 Å². The molecule has 2 saturated heterocycles. The molecule has 3 atom stereocenters. The van der Waals surface area contributed by atoms with E-state index in [2.05, 4.69) is 25.3 Å². The average molecular weight is 454 g/mol. The number of aromatic nitrogens is 4. The third-order valence-corrected chi connectivity index (χ3v) is 6.23. The summed E-state index contributed by atoms with van der Waals surface area (Å²) < 4.78 is 38.4. The highest BCUT2D eigenvalue weighted by Crippen LogP contribution is 2.41. The number of hydrogen-bond acceptors (Lipinski definition) is 6. The topological polar surface area (TPSA) is 83.9 Å². The van der Waals surface area contributed by atoms with E-state index in [0.29, 0.717) is 29.3 Å². The number of alkyl halides is 3. The summed E-state index contributed by atoms with van der Waals surface area (Å²) in [7, 11) is 0. The van der Waals surface area contributed by atoms with Crippen LogP contribution < -0.4 is 5.32 Å². The molecule has 0 spiro atoms. The summed E-state index contributed by atoms with van der Waals surface area (Å²) in [6.45, 7) is 1.87. The Kier molecular flexibility index (Phi) is 5.22. The molecule has 0 unspecified atom stereocenters. The summed E-state index contributed by atoms with van der Waals surface area (Å²) in [5.74, 6) is 0.616. The quantitative estimate of drug-likeness (QED) is 0.639. The largest absolute Gasteiger partial charge is 0.417 e. The minimum atomic E-state index is -4.43. The third kappa shape index (κ3) is 4.01. The maximum atomic E-state index is 13.7. The number of fused-ring (bicyclic) bond motifs is 2. The van der Waals surface area contributed by atoms with Crippen molar-refractivity contribution >= 4 is 11.7 Å². The number of hydrogen-bond donors (Lipinski definition) is 1. The van der Waals surface area contributed by atoms with Gasteiger partial charge in [0.15, 0.2) is 5.82 Å². The normalized spacial score (nSPS) is 21.9. The number of amides is 1. The van der Waals surface area contributed by atoms with Crippen molar-refractivity contribution in [3.63, 3.8) is 0 Å². The predicted molar refractivity (Wildman–Crippen MR) is 114 cm³/mol. The van der Waals surface area contributed by atoms with Gasteiger partial charge in [-0.2, -0.15) is 13.2 Å². The van der Waals surface area contributed by atoms with Crippen LogP contribution in [0.25, 0.3) is 11.5 Å². The molecule has 5 rings (SSSR count). The molecule has 3 aromatic rings. The SMILES string of the molecule is Cc1cnc(-c2ncccn2)c(C(=O)N2[C@@H]3CC[C@H]2[C@H](Nc2ccc(C(F)(F)F)cn2)C3)c1. The molecule has 2 bridgehead atoms. The molecule has 2 aliphatic heterocycles. The summed E-state index contributed by atoms with van der Waals surface area (Å²) >= 11 is 0. The van der Waals surface area contributed by atoms with Gasteiger partial charge in [0.05, 0.1) is 17.2 Å². The molecule has 0 aliphatic carbocycles. The van der Waals surface area contributed by atoms with Crippen LogP contribution in [0, 0.1) is 6.92 Å². The minimum Gasteiger partial charge on any atom is -0.365 e. The van der Waals surface area contributed by atoms with Crippen molar-refractivity contribution in [2.45, 2.75) is 50.5 Å². The summed E-state index contributed by atoms with van der Waals surface area (Å²) in [5, 5.41) is 3.23. The lowest BCUT2D eigenvalue weighted by molar-refractivity contribution is -0.137. The van der Waals surface area contributed by atoms with Crippen molar-refractivity contribution in [1.82, 2.24) is 24.8 Å². The molecule has 0 radical (unpaired) electrons. The Morgan fingerprint density at radius 1 is 1.09 bits per heavy atom. The van der Waals surface area contributed by atoms with Crippen LogP contribution in [0.1, 0.15) is 40.7 Å². The van der Waals surface area contributed by atoms with E-state index in [9.17, 15) is 18.0 Å². The number of halogens is 3. The van der Waals surface area contributed by atoms with E-state index in [1.807, 2.05) is 11.8 Å². The first-order valence-corrected chi connectivity index (χ1v) is 10.7. The van der Waals surface area contributed by atoms with Crippen molar-refractivity contribution in [3.8, 4) is 11.5 Å². The molecule has 0 saturated carbocycles. The highest BCUT2D eigenvalue weighted by molar-refractivity contribution is 6.00. The second-order valence-corrected chi connectivity index (χ2v) is 8.41. The fourth-order valence-electron chi connectivity index (χ4n) is 4.77. The molecular formula is C23H21F3N6O. The highest BCUT2D eigenvalue weighted by atomic mass is 19.4. The van der Waals surface area contributed by atoms with Crippen LogP contribution in [0.3, 0.4) is 0 Å². The van der Waals surface area contributed by atoms with Gasteiger partial charge < -0.3 is 10.2 Å². The monoisotopic (exact) mass is 454 g/mol. The number of rotatable bonds is 4. The fourth-order valence-corrected chi connectivity index (χ4v) is 4.77. The summed E-state index contributed by atoms with van der Waals surface area (Å²) in [5.41, 5.74) is 0.950. The van der Waals surface area contributed by atoms with Crippen LogP contribution >= 0.6 is 0 Å². The van der Waals surface area contributed by atoms with Gasteiger partial charge in [-0.15, -0.1) is 0 Å². The lowest BCUT2D eigenvalue weighted by atomic mass is 9.95. The van der Waals surface area contributed by atoms with E-state index < -0.39 is 11.7 Å². The van der Waals surface area contributed by atoms with Crippen LogP contribution in [0.15, 0.2) is 49.1 Å². The second-order valence-electron chi connectivity index (χ2n) is 8.41. The zero-order valence-corrected chi connectivity index (χ0v) is 17.8. The van der Waals surface area contributed by atoms with Crippen molar-refractivity contribution < 1.29 is 18.0 Å². The van der Waals surface area contributed by atoms with Gasteiger partial charge in [0.2, 0.25) is 0 Å². The van der Waals surface area contributed by atoms with Crippen LogP contribution in [-0.2, 0) is 6.18 Å². The number of aryl methyl sites for hydroxylation is 1. The smallest absolute Gasteiger partial charge is 0.365 e. The molecule has 7 nitrogen and oxygen atoms in total. The lowest BCUT2D eigenvalue weighted by Gasteiger charge is -2.26. The Labute approximate surface area is 188 Å². The molecule has 1 N–H and O–H groups in total. The molecule has 1 amide bonds. The van der Waals surface area contributed by atoms with Crippen molar-refractivity contribution in [2.75, 3.05) is 5.32 Å². The number of pyridine rings is 2. The van der Waals surface area contributed by atoms with Crippen molar-refractivity contribution in [3.05, 3.63) is 65.7 Å². The second kappa shape index (κ2) is 8.09. The van der Waals surface area contributed by atoms with E-state index in [4.69, 9.17) is 0 Å². The highest BCUT2D eigenvalue weighted by Gasteiger charge is 2.49. The van der Waals surface area contributed by atoms with E-state index in [1.54, 1.807) is 30.7 Å². The Hall–Kier alpha value is -3.56. The van der Waals surface area contributed by atoms with E-state index in [0.717, 1.165) is 30.7 Å². The third-order valence-electron chi connectivity index (χ3n) is 6.23. The predicted octanol–water partition coefficient (Wildman–Crippen LogP) is 4.12. The molecule has 170 valence electrons. The van der Waals surface area contributed by atoms with Crippen molar-refractivity contribution in [2.24, 2.45) is 0 Å². The van der Waals surface area contributed by atoms with E-state index in [1.165, 1.54) is 6.07 Å². The van der Waals surface area contributed by atoms with Gasteiger partial charge in [-0.1, -0.05) is 0 Å². The Balaban J connectivity index is 1.39. The van der Waals surface area contributed by atoms with Crippen LogP contribution in [0.5, 0.6) is 0 Å². The number of carbonyl (C=O) groups is 1. The first-order chi connectivity index (χ1) is 15.8. The molecule has 3 aromatic heterocycles. The zero-order chi connectivity index (χ0) is 23.2. The number of carbonyl (C=O) groups excluding carboxylic acids is 1. The Bertz CT molecular complexity index is 1170. The van der Waals surface area contributed by atoms with Crippen LogP contribution in [0.4, 0.5) is 19.0 Å². The Morgan fingerprint density at radius 2 is 1.88 bits per heavy atom. The number of nitrogens with zero attached hydrogens (tertiary/aromatic N) is 5. The molecule has 5 heterocycles. The Morgan fingerprint density at radius 3 is 2.58 bits per heavy atom. The van der Waals surface area contributed by atoms with E-state index in [-0.39, 0.29) is 24.0 Å². The van der Waals surface area contributed by atoms with Gasteiger partial charge in [-0.05, 0) is 56.0 Å². The molecule has 2 aliphatic rings. The summed E-state index contributed by atoms with van der Waals surface area (Å²) in [4.78, 5) is 32.4. The first-order valence-electron chi connectivity index (χ1n) is 10.7. The molecular weight excluding hydrogens is 433 g/mol. The maximum Gasteiger partial charge on any atom is 0.417 e. The van der Waals surface area contributed by atoms with Gasteiger partial charge >= 0.3 is 6.18 Å². The molecule has 0 aromatic carbocycles. The summed E-state index contributed by atoms with van der Waals surface area (Å²) in [6, 6.07) is 5.71. The first kappa shape index (κ1) is 21.3. The lowest BCUT2D eigenvalue weighted by Crippen LogP contribution is -2.40. The molecule has 33 heavy (non-hydrogen) atoms. The maximum absolute atomic E-state index is 13.7. The molecule has 2 fully saturated rings. The standard InChI is InChI=1S/C23H21F3N6O/c1-13-9-16(20(30-11-13)21-27-7-2-8-28-21)22(33)32-15-4-5-18(32)17(10-15)31-19-6-3-14(12-29-19)23(24,25)26/h2-3,6-9,11-12,15,17-18H,4-5,10H2,1H3,(H,29,31)/t15-,17-,18+/m1/s1. The van der Waals surface area contributed by atoms with Crippen LogP contribution in [-0.4, -0.2) is 48.9 Å². The average Bonchev–Trinajstić information content (AvgIpc) is 3.36.